The third-order valence-electron chi connectivity index (χ3n) is 5.50. The van der Waals surface area contributed by atoms with Crippen LogP contribution >= 0.6 is 0 Å². The third-order valence-corrected chi connectivity index (χ3v) is 5.50. The molecule has 0 saturated heterocycles. The monoisotopic (exact) mass is 495 g/mol. The van der Waals surface area contributed by atoms with Crippen LogP contribution < -0.4 is 4.74 Å². The van der Waals surface area contributed by atoms with Gasteiger partial charge in [-0.15, -0.1) is 0 Å². The number of hydrogen-bond acceptors (Lipinski definition) is 6. The van der Waals surface area contributed by atoms with E-state index in [-0.39, 0.29) is 23.7 Å². The number of fused-ring (bicyclic) bond motifs is 1. The molecule has 5 rings (SSSR count). The van der Waals surface area contributed by atoms with Crippen LogP contribution in [0.4, 0.5) is 17.6 Å². The zero-order chi connectivity index (χ0) is 25.4. The molecule has 5 aromatic rings. The number of nitrogens with zero attached hydrogens (tertiary/aromatic N) is 5. The molecule has 0 unspecified atom stereocenters. The van der Waals surface area contributed by atoms with E-state index < -0.39 is 23.3 Å². The first kappa shape index (κ1) is 23.2. The average molecular weight is 495 g/mol. The van der Waals surface area contributed by atoms with E-state index in [1.54, 1.807) is 12.4 Å². The molecule has 3 aromatic heterocycles. The Labute approximate surface area is 201 Å². The highest BCUT2D eigenvalue weighted by Gasteiger charge is 2.31. The van der Waals surface area contributed by atoms with Gasteiger partial charge in [0.2, 0.25) is 11.8 Å². The van der Waals surface area contributed by atoms with E-state index in [9.17, 15) is 22.7 Å². The maximum Gasteiger partial charge on any atom is 0.416 e. The molecule has 3 heterocycles. The first-order valence-corrected chi connectivity index (χ1v) is 10.6. The molecule has 36 heavy (non-hydrogen) atoms. The van der Waals surface area contributed by atoms with Crippen LogP contribution in [-0.2, 0) is 12.7 Å². The molecule has 182 valence electrons. The summed E-state index contributed by atoms with van der Waals surface area (Å²) in [6, 6.07) is 11.5. The first-order valence-electron chi connectivity index (χ1n) is 10.6. The lowest BCUT2D eigenvalue weighted by Gasteiger charge is -2.10. The Bertz CT molecular complexity index is 1570. The maximum absolute atomic E-state index is 14.3. The number of halogens is 4. The summed E-state index contributed by atoms with van der Waals surface area (Å²) >= 11 is 0. The van der Waals surface area contributed by atoms with Crippen molar-refractivity contribution in [3.8, 4) is 28.6 Å². The van der Waals surface area contributed by atoms with Crippen molar-refractivity contribution in [2.45, 2.75) is 19.6 Å². The lowest BCUT2D eigenvalue weighted by Crippen LogP contribution is -2.05. The van der Waals surface area contributed by atoms with Crippen LogP contribution in [0.3, 0.4) is 0 Å². The van der Waals surface area contributed by atoms with Crippen molar-refractivity contribution in [3.05, 3.63) is 89.9 Å². The standard InChI is InChI=1S/C25H17F4N5O2/c1-14-8-17(10-32-33-14)16-4-2-15(3-5-16)11-34-12-20-22(24(34)35)23(31-13-30-20)36-21-7-6-18(9-19(21)26)25(27,28)29/h2-10,12-13,35H,11H2,1H3. The van der Waals surface area contributed by atoms with Gasteiger partial charge in [-0.3, -0.25) is 0 Å². The summed E-state index contributed by atoms with van der Waals surface area (Å²) in [5, 5.41) is 18.9. The molecule has 2 aromatic carbocycles. The van der Waals surface area contributed by atoms with E-state index in [0.29, 0.717) is 17.6 Å². The van der Waals surface area contributed by atoms with Gasteiger partial charge in [-0.2, -0.15) is 23.4 Å². The lowest BCUT2D eigenvalue weighted by molar-refractivity contribution is -0.137. The Morgan fingerprint density at radius 3 is 2.47 bits per heavy atom. The van der Waals surface area contributed by atoms with Gasteiger partial charge < -0.3 is 14.4 Å². The van der Waals surface area contributed by atoms with E-state index in [2.05, 4.69) is 20.2 Å². The molecule has 0 aliphatic rings. The van der Waals surface area contributed by atoms with Crippen LogP contribution in [0.15, 0.2) is 67.3 Å². The van der Waals surface area contributed by atoms with E-state index >= 15 is 0 Å². The summed E-state index contributed by atoms with van der Waals surface area (Å²) in [6.07, 6.45) is -0.287. The molecule has 0 radical (unpaired) electrons. The largest absolute Gasteiger partial charge is 0.494 e. The van der Waals surface area contributed by atoms with Crippen molar-refractivity contribution in [2.24, 2.45) is 0 Å². The molecule has 0 amide bonds. The molecule has 1 N–H and O–H groups in total. The van der Waals surface area contributed by atoms with E-state index in [4.69, 9.17) is 4.74 Å². The Morgan fingerprint density at radius 2 is 1.78 bits per heavy atom. The second-order valence-corrected chi connectivity index (χ2v) is 8.05. The molecule has 0 aliphatic heterocycles. The average Bonchev–Trinajstić information content (AvgIpc) is 3.16. The van der Waals surface area contributed by atoms with Crippen molar-refractivity contribution >= 4 is 10.9 Å². The number of ether oxygens (including phenoxy) is 1. The minimum Gasteiger partial charge on any atom is -0.494 e. The molecule has 0 fully saturated rings. The van der Waals surface area contributed by atoms with Crippen molar-refractivity contribution in [3.63, 3.8) is 0 Å². The van der Waals surface area contributed by atoms with Gasteiger partial charge in [-0.25, -0.2) is 14.4 Å². The second kappa shape index (κ2) is 8.91. The fourth-order valence-electron chi connectivity index (χ4n) is 3.74. The van der Waals surface area contributed by atoms with Gasteiger partial charge in [0.25, 0.3) is 0 Å². The third kappa shape index (κ3) is 4.54. The molecule has 0 bridgehead atoms. The number of aryl methyl sites for hydroxylation is 1. The van der Waals surface area contributed by atoms with E-state index in [1.807, 2.05) is 37.3 Å². The molecule has 0 spiro atoms. The van der Waals surface area contributed by atoms with Crippen LogP contribution in [0.1, 0.15) is 16.8 Å². The van der Waals surface area contributed by atoms with Gasteiger partial charge in [-0.05, 0) is 42.3 Å². The molecule has 7 nitrogen and oxygen atoms in total. The SMILES string of the molecule is Cc1cc(-c2ccc(Cn3cc4ncnc(Oc5ccc(C(F)(F)F)cc5F)c4c3O)cc2)cnn1. The Kier molecular flexibility index (Phi) is 5.75. The predicted molar refractivity (Wildman–Crippen MR) is 122 cm³/mol. The topological polar surface area (TPSA) is 86.0 Å². The van der Waals surface area contributed by atoms with Crippen LogP contribution in [-0.4, -0.2) is 29.8 Å². The lowest BCUT2D eigenvalue weighted by atomic mass is 10.1. The number of hydrogen-bond donors (Lipinski definition) is 1. The highest BCUT2D eigenvalue weighted by Crippen LogP contribution is 2.37. The zero-order valence-corrected chi connectivity index (χ0v) is 18.7. The maximum atomic E-state index is 14.3. The van der Waals surface area contributed by atoms with Gasteiger partial charge in [-0.1, -0.05) is 24.3 Å². The summed E-state index contributed by atoms with van der Waals surface area (Å²) in [5.41, 5.74) is 2.73. The quantitative estimate of drug-likeness (QED) is 0.306. The zero-order valence-electron chi connectivity index (χ0n) is 18.7. The van der Waals surface area contributed by atoms with Gasteiger partial charge in [0, 0.05) is 11.8 Å². The summed E-state index contributed by atoms with van der Waals surface area (Å²) in [4.78, 5) is 8.05. The Balaban J connectivity index is 1.42. The van der Waals surface area contributed by atoms with Crippen molar-refractivity contribution in [2.75, 3.05) is 0 Å². The number of aromatic nitrogens is 5. The van der Waals surface area contributed by atoms with Crippen LogP contribution in [0.25, 0.3) is 22.0 Å². The fraction of sp³-hybridized carbons (Fsp3) is 0.120. The van der Waals surface area contributed by atoms with Crippen LogP contribution in [0.2, 0.25) is 0 Å². The fourth-order valence-corrected chi connectivity index (χ4v) is 3.74. The molecule has 0 aliphatic carbocycles. The minimum absolute atomic E-state index is 0.103. The van der Waals surface area contributed by atoms with Gasteiger partial charge in [0.05, 0.1) is 29.5 Å². The highest BCUT2D eigenvalue weighted by molar-refractivity contribution is 5.89. The normalized spacial score (nSPS) is 11.7. The highest BCUT2D eigenvalue weighted by atomic mass is 19.4. The summed E-state index contributed by atoms with van der Waals surface area (Å²) in [6.45, 7) is 2.14. The van der Waals surface area contributed by atoms with E-state index in [0.717, 1.165) is 34.8 Å². The molecule has 11 heteroatoms. The number of aromatic hydroxyl groups is 1. The predicted octanol–water partition coefficient (Wildman–Crippen LogP) is 5.90. The molecule has 0 saturated carbocycles. The number of rotatable bonds is 5. The van der Waals surface area contributed by atoms with Crippen molar-refractivity contribution < 1.29 is 27.4 Å². The van der Waals surface area contributed by atoms with Gasteiger partial charge >= 0.3 is 6.18 Å². The molecular weight excluding hydrogens is 478 g/mol. The second-order valence-electron chi connectivity index (χ2n) is 8.05. The van der Waals surface area contributed by atoms with Crippen molar-refractivity contribution in [1.29, 1.82) is 0 Å². The Hall–Kier alpha value is -4.54. The van der Waals surface area contributed by atoms with Crippen molar-refractivity contribution in [1.82, 2.24) is 24.7 Å². The molecule has 0 atom stereocenters. The number of benzene rings is 2. The smallest absolute Gasteiger partial charge is 0.416 e. The summed E-state index contributed by atoms with van der Waals surface area (Å²) in [5.74, 6) is -2.10. The summed E-state index contributed by atoms with van der Waals surface area (Å²) < 4.78 is 59.7. The van der Waals surface area contributed by atoms with E-state index in [1.165, 1.54) is 4.57 Å². The molecular formula is C25H17F4N5O2. The Morgan fingerprint density at radius 1 is 1.00 bits per heavy atom. The first-order chi connectivity index (χ1) is 17.2. The van der Waals surface area contributed by atoms with Gasteiger partial charge in [0.15, 0.2) is 11.6 Å². The number of alkyl halides is 3. The van der Waals surface area contributed by atoms with Gasteiger partial charge in [0.1, 0.15) is 11.7 Å². The summed E-state index contributed by atoms with van der Waals surface area (Å²) in [7, 11) is 0. The minimum atomic E-state index is -4.69. The van der Waals surface area contributed by atoms with Crippen LogP contribution in [0.5, 0.6) is 17.5 Å². The van der Waals surface area contributed by atoms with Crippen LogP contribution in [0, 0.1) is 12.7 Å².